The van der Waals surface area contributed by atoms with E-state index in [9.17, 15) is 4.79 Å². The number of benzene rings is 1. The van der Waals surface area contributed by atoms with Gasteiger partial charge in [-0.3, -0.25) is 4.79 Å². The fourth-order valence-corrected chi connectivity index (χ4v) is 2.33. The lowest BCUT2D eigenvalue weighted by Gasteiger charge is -2.25. The summed E-state index contributed by atoms with van der Waals surface area (Å²) < 4.78 is 0. The second-order valence-electron chi connectivity index (χ2n) is 5.26. The van der Waals surface area contributed by atoms with Crippen molar-refractivity contribution in [2.24, 2.45) is 0 Å². The van der Waals surface area contributed by atoms with Crippen LogP contribution >= 0.6 is 12.2 Å². The van der Waals surface area contributed by atoms with Crippen molar-refractivity contribution in [3.05, 3.63) is 29.8 Å². The zero-order valence-electron chi connectivity index (χ0n) is 13.3. The Morgan fingerprint density at radius 3 is 2.33 bits per heavy atom. The first-order valence-electron chi connectivity index (χ1n) is 7.75. The number of ketones is 1. The third kappa shape index (κ3) is 6.25. The maximum atomic E-state index is 11.4. The summed E-state index contributed by atoms with van der Waals surface area (Å²) >= 11 is 5.52. The third-order valence-corrected chi connectivity index (χ3v) is 3.73. The van der Waals surface area contributed by atoms with Crippen molar-refractivity contribution < 1.29 is 4.79 Å². The molecule has 0 heterocycles. The van der Waals surface area contributed by atoms with Crippen molar-refractivity contribution in [2.75, 3.05) is 18.4 Å². The van der Waals surface area contributed by atoms with Crippen LogP contribution in [0.25, 0.3) is 0 Å². The molecule has 0 aliphatic rings. The summed E-state index contributed by atoms with van der Waals surface area (Å²) in [7, 11) is 0. The highest BCUT2D eigenvalue weighted by molar-refractivity contribution is 7.80. The Morgan fingerprint density at radius 1 is 1.19 bits per heavy atom. The lowest BCUT2D eigenvalue weighted by molar-refractivity contribution is 0.101. The van der Waals surface area contributed by atoms with Gasteiger partial charge in [0.1, 0.15) is 0 Å². The van der Waals surface area contributed by atoms with Gasteiger partial charge in [-0.05, 0) is 44.1 Å². The molecule has 0 radical (unpaired) electrons. The van der Waals surface area contributed by atoms with E-state index in [-0.39, 0.29) is 5.78 Å². The van der Waals surface area contributed by atoms with E-state index < -0.39 is 0 Å². The summed E-state index contributed by atoms with van der Waals surface area (Å²) in [5.41, 5.74) is 1.59. The van der Waals surface area contributed by atoms with Gasteiger partial charge in [-0.15, -0.1) is 0 Å². The Labute approximate surface area is 133 Å². The minimum atomic E-state index is 0.0680. The molecule has 3 nitrogen and oxygen atoms in total. The van der Waals surface area contributed by atoms with Gasteiger partial charge >= 0.3 is 0 Å². The normalized spacial score (nSPS) is 10.2. The number of rotatable bonds is 8. The quantitative estimate of drug-likeness (QED) is 0.566. The summed E-state index contributed by atoms with van der Waals surface area (Å²) in [6, 6.07) is 7.50. The standard InChI is InChI=1S/C17H26N2OS/c1-4-6-11-19(12-7-5-2)17(21)18-16-10-8-9-15(13-16)14(3)20/h8-10,13H,4-7,11-12H2,1-3H3,(H,18,21). The predicted octanol–water partition coefficient (Wildman–Crippen LogP) is 4.49. The molecule has 1 aromatic carbocycles. The summed E-state index contributed by atoms with van der Waals surface area (Å²) in [6.07, 6.45) is 4.59. The Morgan fingerprint density at radius 2 is 1.81 bits per heavy atom. The smallest absolute Gasteiger partial charge is 0.173 e. The van der Waals surface area contributed by atoms with Crippen molar-refractivity contribution in [3.63, 3.8) is 0 Å². The Balaban J connectivity index is 2.70. The van der Waals surface area contributed by atoms with Crippen LogP contribution in [-0.4, -0.2) is 28.9 Å². The first-order chi connectivity index (χ1) is 10.1. The van der Waals surface area contributed by atoms with Crippen LogP contribution < -0.4 is 5.32 Å². The van der Waals surface area contributed by atoms with Gasteiger partial charge in [0.05, 0.1) is 0 Å². The molecule has 1 rings (SSSR count). The van der Waals surface area contributed by atoms with Crippen LogP contribution in [0.2, 0.25) is 0 Å². The fraction of sp³-hybridized carbons (Fsp3) is 0.529. The number of unbranched alkanes of at least 4 members (excludes halogenated alkanes) is 2. The number of carbonyl (C=O) groups excluding carboxylic acids is 1. The molecular formula is C17H26N2OS. The van der Waals surface area contributed by atoms with Crippen LogP contribution in [0.1, 0.15) is 56.8 Å². The zero-order chi connectivity index (χ0) is 15.7. The molecule has 0 amide bonds. The highest BCUT2D eigenvalue weighted by Crippen LogP contribution is 2.13. The summed E-state index contributed by atoms with van der Waals surface area (Å²) in [4.78, 5) is 13.7. The molecule has 0 bridgehead atoms. The zero-order valence-corrected chi connectivity index (χ0v) is 14.1. The number of carbonyl (C=O) groups is 1. The molecular weight excluding hydrogens is 280 g/mol. The number of hydrogen-bond donors (Lipinski definition) is 1. The molecule has 1 aromatic rings. The molecule has 116 valence electrons. The number of thiocarbonyl (C=S) groups is 1. The van der Waals surface area contributed by atoms with Crippen molar-refractivity contribution in [2.45, 2.75) is 46.5 Å². The number of nitrogens with zero attached hydrogens (tertiary/aromatic N) is 1. The molecule has 0 atom stereocenters. The van der Waals surface area contributed by atoms with Gasteiger partial charge in [0.25, 0.3) is 0 Å². The van der Waals surface area contributed by atoms with Gasteiger partial charge in [-0.1, -0.05) is 38.8 Å². The second kappa shape index (κ2) is 9.50. The average Bonchev–Trinajstić information content (AvgIpc) is 2.47. The van der Waals surface area contributed by atoms with Crippen LogP contribution in [0.4, 0.5) is 5.69 Å². The van der Waals surface area contributed by atoms with Gasteiger partial charge < -0.3 is 10.2 Å². The van der Waals surface area contributed by atoms with E-state index in [0.29, 0.717) is 5.56 Å². The summed E-state index contributed by atoms with van der Waals surface area (Å²) in [5.74, 6) is 0.0680. The van der Waals surface area contributed by atoms with Crippen molar-refractivity contribution in [1.82, 2.24) is 4.90 Å². The van der Waals surface area contributed by atoms with Crippen molar-refractivity contribution in [1.29, 1.82) is 0 Å². The van der Waals surface area contributed by atoms with E-state index in [1.807, 2.05) is 24.3 Å². The van der Waals surface area contributed by atoms with Crippen LogP contribution in [0.3, 0.4) is 0 Å². The number of anilines is 1. The molecule has 0 fully saturated rings. The topological polar surface area (TPSA) is 32.3 Å². The molecule has 0 aliphatic carbocycles. The highest BCUT2D eigenvalue weighted by Gasteiger charge is 2.09. The molecule has 0 aliphatic heterocycles. The van der Waals surface area contributed by atoms with E-state index in [2.05, 4.69) is 24.1 Å². The van der Waals surface area contributed by atoms with Crippen LogP contribution in [0.5, 0.6) is 0 Å². The Bertz CT molecular complexity index is 466. The average molecular weight is 306 g/mol. The van der Waals surface area contributed by atoms with Gasteiger partial charge in [-0.2, -0.15) is 0 Å². The first-order valence-corrected chi connectivity index (χ1v) is 8.16. The lowest BCUT2D eigenvalue weighted by Crippen LogP contribution is -2.36. The monoisotopic (exact) mass is 306 g/mol. The number of hydrogen-bond acceptors (Lipinski definition) is 2. The second-order valence-corrected chi connectivity index (χ2v) is 5.65. The molecule has 0 unspecified atom stereocenters. The van der Waals surface area contributed by atoms with E-state index in [1.54, 1.807) is 6.92 Å². The lowest BCUT2D eigenvalue weighted by atomic mass is 10.1. The molecule has 4 heteroatoms. The molecule has 1 N–H and O–H groups in total. The fourth-order valence-electron chi connectivity index (χ4n) is 2.03. The first kappa shape index (κ1) is 17.6. The summed E-state index contributed by atoms with van der Waals surface area (Å²) in [5, 5.41) is 4.01. The molecule has 0 saturated carbocycles. The van der Waals surface area contributed by atoms with Gasteiger partial charge in [0.2, 0.25) is 0 Å². The maximum absolute atomic E-state index is 11.4. The van der Waals surface area contributed by atoms with E-state index in [0.717, 1.165) is 49.6 Å². The van der Waals surface area contributed by atoms with Crippen molar-refractivity contribution >= 4 is 28.8 Å². The van der Waals surface area contributed by atoms with Crippen molar-refractivity contribution in [3.8, 4) is 0 Å². The highest BCUT2D eigenvalue weighted by atomic mass is 32.1. The Hall–Kier alpha value is -1.42. The van der Waals surface area contributed by atoms with Gasteiger partial charge in [0.15, 0.2) is 10.9 Å². The Kier molecular flexibility index (Phi) is 7.98. The third-order valence-electron chi connectivity index (χ3n) is 3.37. The molecule has 0 saturated heterocycles. The number of nitrogens with one attached hydrogen (secondary N) is 1. The van der Waals surface area contributed by atoms with Crippen LogP contribution in [-0.2, 0) is 0 Å². The largest absolute Gasteiger partial charge is 0.349 e. The minimum Gasteiger partial charge on any atom is -0.349 e. The maximum Gasteiger partial charge on any atom is 0.173 e. The number of Topliss-reactive ketones (excluding diaryl/α,β-unsaturated/α-hetero) is 1. The van der Waals surface area contributed by atoms with Gasteiger partial charge in [-0.25, -0.2) is 0 Å². The molecule has 0 aromatic heterocycles. The van der Waals surface area contributed by atoms with Crippen LogP contribution in [0, 0.1) is 0 Å². The summed E-state index contributed by atoms with van der Waals surface area (Å²) in [6.45, 7) is 7.91. The predicted molar refractivity (Wildman–Crippen MR) is 94.1 cm³/mol. The molecule has 21 heavy (non-hydrogen) atoms. The molecule has 0 spiro atoms. The van der Waals surface area contributed by atoms with Crippen LogP contribution in [0.15, 0.2) is 24.3 Å². The minimum absolute atomic E-state index is 0.0680. The van der Waals surface area contributed by atoms with E-state index in [4.69, 9.17) is 12.2 Å². The van der Waals surface area contributed by atoms with E-state index in [1.165, 1.54) is 0 Å². The van der Waals surface area contributed by atoms with E-state index >= 15 is 0 Å². The SMILES string of the molecule is CCCCN(CCCC)C(=S)Nc1cccc(C(C)=O)c1. The van der Waals surface area contributed by atoms with Gasteiger partial charge in [0, 0.05) is 24.3 Å².